The van der Waals surface area contributed by atoms with Crippen LogP contribution in [0.4, 0.5) is 10.7 Å². The van der Waals surface area contributed by atoms with E-state index in [1.165, 1.54) is 7.11 Å². The van der Waals surface area contributed by atoms with Gasteiger partial charge in [0.2, 0.25) is 0 Å². The van der Waals surface area contributed by atoms with E-state index < -0.39 is 0 Å². The van der Waals surface area contributed by atoms with Crippen LogP contribution in [0.2, 0.25) is 0 Å². The van der Waals surface area contributed by atoms with Gasteiger partial charge in [-0.05, 0) is 44.8 Å². The first-order valence-electron chi connectivity index (χ1n) is 9.13. The Kier molecular flexibility index (Phi) is 6.35. The molecule has 0 fully saturated rings. The minimum atomic E-state index is -0.364. The van der Waals surface area contributed by atoms with Crippen LogP contribution in [-0.2, 0) is 4.84 Å². The summed E-state index contributed by atoms with van der Waals surface area (Å²) in [5.74, 6) is 0.196. The molecule has 0 radical (unpaired) electrons. The Labute approximate surface area is 168 Å². The Balaban J connectivity index is 2.15. The lowest BCUT2D eigenvalue weighted by atomic mass is 10.1. The average Bonchev–Trinajstić information content (AvgIpc) is 3.09. The fourth-order valence-corrected chi connectivity index (χ4v) is 2.82. The quantitative estimate of drug-likeness (QED) is 0.466. The van der Waals surface area contributed by atoms with E-state index in [-0.39, 0.29) is 12.0 Å². The summed E-state index contributed by atoms with van der Waals surface area (Å²) in [6.45, 7) is 2.87. The number of nitrogens with one attached hydrogen (secondary N) is 2. The normalized spacial score (nSPS) is 11.7. The van der Waals surface area contributed by atoms with E-state index in [1.807, 2.05) is 50.2 Å². The van der Waals surface area contributed by atoms with Crippen molar-refractivity contribution in [1.29, 1.82) is 0 Å². The number of carbonyl (C=O) groups is 1. The third-order valence-corrected chi connectivity index (χ3v) is 3.96. The van der Waals surface area contributed by atoms with Crippen molar-refractivity contribution < 1.29 is 9.63 Å². The summed E-state index contributed by atoms with van der Waals surface area (Å²) in [5, 5.41) is 13.9. The molecular weight excluding hydrogens is 372 g/mol. The van der Waals surface area contributed by atoms with Crippen LogP contribution in [0, 0.1) is 0 Å². The van der Waals surface area contributed by atoms with E-state index in [0.29, 0.717) is 30.1 Å². The minimum absolute atomic E-state index is 0.196. The van der Waals surface area contributed by atoms with Gasteiger partial charge in [0, 0.05) is 31.0 Å². The number of hydrogen-bond acceptors (Lipinski definition) is 7. The van der Waals surface area contributed by atoms with Crippen molar-refractivity contribution in [3.05, 3.63) is 42.4 Å². The molecule has 29 heavy (non-hydrogen) atoms. The molecule has 3 rings (SSSR count). The van der Waals surface area contributed by atoms with Gasteiger partial charge in [-0.3, -0.25) is 10.3 Å². The maximum Gasteiger partial charge on any atom is 0.321 e. The zero-order valence-electron chi connectivity index (χ0n) is 16.9. The zero-order chi connectivity index (χ0) is 20.8. The highest BCUT2D eigenvalue weighted by Crippen LogP contribution is 2.23. The van der Waals surface area contributed by atoms with E-state index in [9.17, 15) is 4.79 Å². The molecule has 152 valence electrons. The average molecular weight is 396 g/mol. The molecule has 0 bridgehead atoms. The van der Waals surface area contributed by atoms with E-state index in [1.54, 1.807) is 16.9 Å². The second-order valence-corrected chi connectivity index (χ2v) is 6.52. The van der Waals surface area contributed by atoms with Gasteiger partial charge in [0.15, 0.2) is 5.65 Å². The minimum Gasteiger partial charge on any atom is -0.399 e. The van der Waals surface area contributed by atoms with Crippen molar-refractivity contribution >= 4 is 23.3 Å². The first-order valence-corrected chi connectivity index (χ1v) is 9.13. The first kappa shape index (κ1) is 20.2. The number of amides is 2. The summed E-state index contributed by atoms with van der Waals surface area (Å²) in [5.41, 5.74) is 3.77. The molecule has 0 atom stereocenters. The topological polar surface area (TPSA) is 109 Å². The fraction of sp³-hybridized carbons (Fsp3) is 0.316. The van der Waals surface area contributed by atoms with Crippen LogP contribution in [-0.4, -0.2) is 70.5 Å². The summed E-state index contributed by atoms with van der Waals surface area (Å²) in [6.07, 6.45) is 3.50. The number of aromatic nitrogens is 4. The van der Waals surface area contributed by atoms with Crippen LogP contribution in [0.1, 0.15) is 12.6 Å². The third kappa shape index (κ3) is 4.85. The highest BCUT2D eigenvalue weighted by atomic mass is 16.6. The van der Waals surface area contributed by atoms with Gasteiger partial charge in [-0.2, -0.15) is 4.98 Å². The largest absolute Gasteiger partial charge is 0.399 e. The van der Waals surface area contributed by atoms with Gasteiger partial charge in [-0.25, -0.2) is 9.31 Å². The molecule has 3 aromatic heterocycles. The number of likely N-dealkylation sites (N-methyl/N-ethyl adjacent to an activating group) is 1. The Morgan fingerprint density at radius 3 is 2.79 bits per heavy atom. The molecule has 2 amide bonds. The summed E-state index contributed by atoms with van der Waals surface area (Å²) < 4.78 is 1.64. The summed E-state index contributed by atoms with van der Waals surface area (Å²) in [4.78, 5) is 27.6. The molecule has 3 heterocycles. The maximum absolute atomic E-state index is 11.9. The molecule has 3 aromatic rings. The predicted molar refractivity (Wildman–Crippen MR) is 111 cm³/mol. The molecule has 2 N–H and O–H groups in total. The highest BCUT2D eigenvalue weighted by molar-refractivity contribution is 6.02. The number of carbonyl (C=O) groups excluding carboxylic acids is 1. The molecule has 0 saturated carbocycles. The summed E-state index contributed by atoms with van der Waals surface area (Å²) >= 11 is 0. The van der Waals surface area contributed by atoms with Gasteiger partial charge in [0.25, 0.3) is 5.95 Å². The van der Waals surface area contributed by atoms with Crippen LogP contribution in [0.3, 0.4) is 0 Å². The standard InChI is InChI=1S/C19H24N8O2/c1-5-21-19(28)23-18-22-17-10-14(13-7-6-8-20-11-13)9-16(27(17)24-18)15(25-29-4)12-26(2)3/h6-11H,5,12H2,1-4H3,(H2,21,23,24,28)/b25-15+. The van der Waals surface area contributed by atoms with Crippen molar-refractivity contribution in [3.63, 3.8) is 0 Å². The number of rotatable bonds is 7. The van der Waals surface area contributed by atoms with E-state index >= 15 is 0 Å². The van der Waals surface area contributed by atoms with Gasteiger partial charge >= 0.3 is 6.03 Å². The Hall–Kier alpha value is -3.53. The van der Waals surface area contributed by atoms with Crippen molar-refractivity contribution in [1.82, 2.24) is 29.8 Å². The van der Waals surface area contributed by atoms with Crippen LogP contribution in [0.5, 0.6) is 0 Å². The number of nitrogens with zero attached hydrogens (tertiary/aromatic N) is 6. The first-order chi connectivity index (χ1) is 14.0. The smallest absolute Gasteiger partial charge is 0.321 e. The lowest BCUT2D eigenvalue weighted by Gasteiger charge is -2.14. The van der Waals surface area contributed by atoms with Gasteiger partial charge < -0.3 is 15.1 Å². The summed E-state index contributed by atoms with van der Waals surface area (Å²) in [7, 11) is 5.38. The predicted octanol–water partition coefficient (Wildman–Crippen LogP) is 1.84. The van der Waals surface area contributed by atoms with Gasteiger partial charge in [-0.15, -0.1) is 5.10 Å². The van der Waals surface area contributed by atoms with Crippen molar-refractivity contribution in [2.75, 3.05) is 39.6 Å². The molecule has 0 spiro atoms. The third-order valence-electron chi connectivity index (χ3n) is 3.96. The van der Waals surface area contributed by atoms with Crippen LogP contribution in [0.15, 0.2) is 41.8 Å². The van der Waals surface area contributed by atoms with E-state index in [4.69, 9.17) is 4.84 Å². The Morgan fingerprint density at radius 2 is 2.14 bits per heavy atom. The van der Waals surface area contributed by atoms with Gasteiger partial charge in [0.05, 0.1) is 5.69 Å². The van der Waals surface area contributed by atoms with Crippen molar-refractivity contribution in [2.24, 2.45) is 5.16 Å². The molecule has 0 unspecified atom stereocenters. The Bertz CT molecular complexity index is 1010. The molecule has 0 aromatic carbocycles. The number of hydrogen-bond donors (Lipinski definition) is 2. The molecule has 10 heteroatoms. The van der Waals surface area contributed by atoms with E-state index in [2.05, 4.69) is 30.9 Å². The number of oxime groups is 1. The van der Waals surface area contributed by atoms with Crippen molar-refractivity contribution in [3.8, 4) is 11.1 Å². The second-order valence-electron chi connectivity index (χ2n) is 6.52. The molecule has 10 nitrogen and oxygen atoms in total. The molecular formula is C19H24N8O2. The van der Waals surface area contributed by atoms with Crippen molar-refractivity contribution in [2.45, 2.75) is 6.92 Å². The SMILES string of the molecule is CCNC(=O)Nc1nc2cc(-c3cccnc3)cc(/C(CN(C)C)=N/OC)n2n1. The molecule has 0 aliphatic carbocycles. The van der Waals surface area contributed by atoms with Gasteiger partial charge in [-0.1, -0.05) is 11.2 Å². The zero-order valence-corrected chi connectivity index (χ0v) is 16.9. The Morgan fingerprint density at radius 1 is 1.31 bits per heavy atom. The van der Waals surface area contributed by atoms with Crippen LogP contribution in [0.25, 0.3) is 16.8 Å². The number of pyridine rings is 2. The fourth-order valence-electron chi connectivity index (χ4n) is 2.82. The number of anilines is 1. The van der Waals surface area contributed by atoms with Crippen LogP contribution >= 0.6 is 0 Å². The molecule has 0 aliphatic heterocycles. The highest BCUT2D eigenvalue weighted by Gasteiger charge is 2.17. The van der Waals surface area contributed by atoms with Gasteiger partial charge in [0.1, 0.15) is 12.8 Å². The van der Waals surface area contributed by atoms with E-state index in [0.717, 1.165) is 11.1 Å². The summed E-state index contributed by atoms with van der Waals surface area (Å²) in [6, 6.07) is 7.31. The van der Waals surface area contributed by atoms with Crippen LogP contribution < -0.4 is 10.6 Å². The second kappa shape index (κ2) is 9.11. The maximum atomic E-state index is 11.9. The lowest BCUT2D eigenvalue weighted by molar-refractivity contribution is 0.211. The monoisotopic (exact) mass is 396 g/mol. The number of urea groups is 1. The molecule has 0 aliphatic rings. The lowest BCUT2D eigenvalue weighted by Crippen LogP contribution is -2.28. The number of fused-ring (bicyclic) bond motifs is 1. The molecule has 0 saturated heterocycles.